The van der Waals surface area contributed by atoms with Gasteiger partial charge in [0.05, 0.1) is 32.8 Å². The lowest BCUT2D eigenvalue weighted by molar-refractivity contribution is 0.660. The monoisotopic (exact) mass is 319 g/mol. The fraction of sp³-hybridized carbons (Fsp3) is 0.200. The Morgan fingerprint density at radius 2 is 2.19 bits per heavy atom. The molecule has 21 heavy (non-hydrogen) atoms. The first-order valence-electron chi connectivity index (χ1n) is 6.66. The third-order valence-corrected chi connectivity index (χ3v) is 5.16. The van der Waals surface area contributed by atoms with Crippen molar-refractivity contribution in [2.75, 3.05) is 0 Å². The molecule has 0 saturated carbocycles. The highest BCUT2D eigenvalue weighted by molar-refractivity contribution is 7.85. The van der Waals surface area contributed by atoms with E-state index in [2.05, 4.69) is 15.0 Å². The predicted octanol–water partition coefficient (Wildman–Crippen LogP) is 3.87. The molecule has 4 nitrogen and oxygen atoms in total. The highest BCUT2D eigenvalue weighted by Gasteiger charge is 2.22. The number of H-pyrrole nitrogens is 1. The Morgan fingerprint density at radius 1 is 1.33 bits per heavy atom. The van der Waals surface area contributed by atoms with Gasteiger partial charge in [-0.25, -0.2) is 4.98 Å². The highest BCUT2D eigenvalue weighted by Crippen LogP contribution is 2.27. The number of pyridine rings is 1. The van der Waals surface area contributed by atoms with Gasteiger partial charge in [-0.3, -0.25) is 9.19 Å². The van der Waals surface area contributed by atoms with Crippen molar-refractivity contribution in [1.82, 2.24) is 15.0 Å². The zero-order valence-corrected chi connectivity index (χ0v) is 13.0. The second-order valence-corrected chi connectivity index (χ2v) is 6.64. The summed E-state index contributed by atoms with van der Waals surface area (Å²) in [5.74, 6) is 0. The van der Waals surface area contributed by atoms with Crippen molar-refractivity contribution in [3.63, 3.8) is 0 Å². The van der Waals surface area contributed by atoms with Gasteiger partial charge in [-0.15, -0.1) is 0 Å². The van der Waals surface area contributed by atoms with E-state index in [9.17, 15) is 4.21 Å². The van der Waals surface area contributed by atoms with Gasteiger partial charge in [-0.1, -0.05) is 24.6 Å². The van der Waals surface area contributed by atoms with Crippen molar-refractivity contribution in [2.24, 2.45) is 0 Å². The Morgan fingerprint density at radius 3 is 2.90 bits per heavy atom. The van der Waals surface area contributed by atoms with Crippen LogP contribution in [0.25, 0.3) is 11.0 Å². The third-order valence-electron chi connectivity index (χ3n) is 3.26. The van der Waals surface area contributed by atoms with Crippen molar-refractivity contribution in [3.8, 4) is 0 Å². The molecule has 0 spiro atoms. The van der Waals surface area contributed by atoms with E-state index in [-0.39, 0.29) is 5.25 Å². The number of fused-ring (bicyclic) bond motifs is 1. The predicted molar refractivity (Wildman–Crippen MR) is 84.8 cm³/mol. The van der Waals surface area contributed by atoms with Crippen LogP contribution < -0.4 is 0 Å². The fourth-order valence-corrected chi connectivity index (χ4v) is 3.73. The molecule has 2 unspecified atom stereocenters. The van der Waals surface area contributed by atoms with E-state index in [1.165, 1.54) is 0 Å². The first kappa shape index (κ1) is 14.2. The zero-order chi connectivity index (χ0) is 14.8. The molecule has 3 aromatic rings. The SMILES string of the molecule is CCC(c1ccccn1)S(=O)c1nc2ccc(Cl)cc2[nH]1. The molecule has 1 aromatic carbocycles. The number of aromatic nitrogens is 3. The Bertz CT molecular complexity index is 788. The smallest absolute Gasteiger partial charge is 0.198 e. The maximum Gasteiger partial charge on any atom is 0.198 e. The summed E-state index contributed by atoms with van der Waals surface area (Å²) in [5, 5.41) is 0.909. The minimum absolute atomic E-state index is 0.178. The minimum Gasteiger partial charge on any atom is -0.331 e. The molecule has 3 rings (SSSR count). The zero-order valence-electron chi connectivity index (χ0n) is 11.4. The van der Waals surface area contributed by atoms with Gasteiger partial charge in [0.1, 0.15) is 0 Å². The second kappa shape index (κ2) is 5.95. The quantitative estimate of drug-likeness (QED) is 0.794. The van der Waals surface area contributed by atoms with E-state index in [1.54, 1.807) is 18.3 Å². The molecule has 108 valence electrons. The molecule has 0 saturated heterocycles. The number of imidazole rings is 1. The summed E-state index contributed by atoms with van der Waals surface area (Å²) in [7, 11) is -1.28. The van der Waals surface area contributed by atoms with Crippen LogP contribution in [0, 0.1) is 0 Å². The van der Waals surface area contributed by atoms with Crippen LogP contribution in [-0.2, 0) is 10.8 Å². The van der Waals surface area contributed by atoms with Gasteiger partial charge in [-0.05, 0) is 36.8 Å². The van der Waals surface area contributed by atoms with Gasteiger partial charge in [0.15, 0.2) is 5.16 Å². The topological polar surface area (TPSA) is 58.6 Å². The van der Waals surface area contributed by atoms with Crippen LogP contribution in [-0.4, -0.2) is 19.2 Å². The van der Waals surface area contributed by atoms with E-state index in [1.807, 2.05) is 31.2 Å². The molecule has 6 heteroatoms. The van der Waals surface area contributed by atoms with Gasteiger partial charge in [0.25, 0.3) is 0 Å². The van der Waals surface area contributed by atoms with Gasteiger partial charge in [0.2, 0.25) is 0 Å². The molecule has 1 N–H and O–H groups in total. The molecule has 0 radical (unpaired) electrons. The summed E-state index contributed by atoms with van der Waals surface area (Å²) in [6.45, 7) is 2.00. The van der Waals surface area contributed by atoms with Crippen LogP contribution in [0.1, 0.15) is 24.3 Å². The molecule has 2 atom stereocenters. The van der Waals surface area contributed by atoms with E-state index < -0.39 is 10.8 Å². The Labute approximate surface area is 130 Å². The number of hydrogen-bond donors (Lipinski definition) is 1. The van der Waals surface area contributed by atoms with Crippen molar-refractivity contribution >= 4 is 33.4 Å². The molecular formula is C15H14ClN3OS. The number of nitrogens with one attached hydrogen (secondary N) is 1. The third kappa shape index (κ3) is 2.84. The normalized spacial score (nSPS) is 14.2. The lowest BCUT2D eigenvalue weighted by Gasteiger charge is -2.11. The number of rotatable bonds is 4. The van der Waals surface area contributed by atoms with Gasteiger partial charge < -0.3 is 4.98 Å². The summed E-state index contributed by atoms with van der Waals surface area (Å²) < 4.78 is 12.8. The Kier molecular flexibility index (Phi) is 4.03. The van der Waals surface area contributed by atoms with Crippen LogP contribution in [0.2, 0.25) is 5.02 Å². The van der Waals surface area contributed by atoms with Gasteiger partial charge >= 0.3 is 0 Å². The maximum absolute atomic E-state index is 12.8. The first-order valence-corrected chi connectivity index (χ1v) is 8.25. The number of aromatic amines is 1. The van der Waals surface area contributed by atoms with Crippen molar-refractivity contribution in [3.05, 3.63) is 53.3 Å². The fourth-order valence-electron chi connectivity index (χ4n) is 2.23. The summed E-state index contributed by atoms with van der Waals surface area (Å²) in [5.41, 5.74) is 2.37. The molecule has 0 aliphatic heterocycles. The van der Waals surface area contributed by atoms with Gasteiger partial charge in [-0.2, -0.15) is 0 Å². The number of benzene rings is 1. The summed E-state index contributed by atoms with van der Waals surface area (Å²) in [4.78, 5) is 11.8. The summed E-state index contributed by atoms with van der Waals surface area (Å²) in [6.07, 6.45) is 2.44. The van der Waals surface area contributed by atoms with Crippen LogP contribution >= 0.6 is 11.6 Å². The largest absolute Gasteiger partial charge is 0.331 e. The maximum atomic E-state index is 12.8. The molecule has 2 heterocycles. The van der Waals surface area contributed by atoms with E-state index in [0.29, 0.717) is 10.2 Å². The molecule has 0 bridgehead atoms. The Hall–Kier alpha value is -1.72. The molecular weight excluding hydrogens is 306 g/mol. The Balaban J connectivity index is 1.98. The van der Waals surface area contributed by atoms with Gasteiger partial charge in [0, 0.05) is 11.2 Å². The van der Waals surface area contributed by atoms with Crippen LogP contribution in [0.4, 0.5) is 0 Å². The molecule has 0 aliphatic rings. The molecule has 0 aliphatic carbocycles. The van der Waals surface area contributed by atoms with Crippen LogP contribution in [0.3, 0.4) is 0 Å². The molecule has 0 amide bonds. The molecule has 0 fully saturated rings. The number of hydrogen-bond acceptors (Lipinski definition) is 3. The van der Waals surface area contributed by atoms with E-state index in [4.69, 9.17) is 11.6 Å². The minimum atomic E-state index is -1.28. The average molecular weight is 320 g/mol. The van der Waals surface area contributed by atoms with E-state index >= 15 is 0 Å². The van der Waals surface area contributed by atoms with E-state index in [0.717, 1.165) is 23.1 Å². The number of nitrogens with zero attached hydrogens (tertiary/aromatic N) is 2. The lowest BCUT2D eigenvalue weighted by atomic mass is 10.2. The van der Waals surface area contributed by atoms with Crippen LogP contribution in [0.5, 0.6) is 0 Å². The first-order chi connectivity index (χ1) is 10.2. The summed E-state index contributed by atoms with van der Waals surface area (Å²) in [6, 6.07) is 11.0. The van der Waals surface area contributed by atoms with Crippen molar-refractivity contribution < 1.29 is 4.21 Å². The van der Waals surface area contributed by atoms with Crippen molar-refractivity contribution in [2.45, 2.75) is 23.8 Å². The highest BCUT2D eigenvalue weighted by atomic mass is 35.5. The molecule has 2 aromatic heterocycles. The number of halogens is 1. The van der Waals surface area contributed by atoms with Crippen molar-refractivity contribution in [1.29, 1.82) is 0 Å². The summed E-state index contributed by atoms with van der Waals surface area (Å²) >= 11 is 5.96. The second-order valence-electron chi connectivity index (χ2n) is 4.65. The standard InChI is InChI=1S/C15H14ClN3OS/c1-2-14(12-5-3-4-8-17-12)21(20)15-18-11-7-6-10(16)9-13(11)19-15/h3-9,14H,2H2,1H3,(H,18,19). The van der Waals surface area contributed by atoms with Crippen LogP contribution in [0.15, 0.2) is 47.8 Å². The average Bonchev–Trinajstić information content (AvgIpc) is 2.92. The lowest BCUT2D eigenvalue weighted by Crippen LogP contribution is -2.09.